The lowest BCUT2D eigenvalue weighted by atomic mass is 10.1. The van der Waals surface area contributed by atoms with Crippen molar-refractivity contribution in [2.24, 2.45) is 0 Å². The number of carbonyl (C=O) groups excluding carboxylic acids is 6. The number of hydrogen-bond acceptors (Lipinski definition) is 18. The number of phosphoric acid groups is 2. The molecule has 0 aromatic carbocycles. The van der Waals surface area contributed by atoms with Gasteiger partial charge in [0.2, 0.25) is 11.8 Å². The SMILES string of the molecule is CCCCCCCCCCCCCC(=O)O[C@@H](COCC[C@@H](CCCCCCC)OC(=O)CCCCCCCCCCC)COP(=O)(O)OCCNC(=O)CC(=O)NCCOP(=O)(O)OC[C@H](COCC[C@H](CCCCCCC)OC(=O)CCCCCCCCCCC)OC(=O)CCCCCCCCCCCCC. The molecule has 22 nitrogen and oxygen atoms in total. The first-order valence-corrected chi connectivity index (χ1v) is 47.6. The molecule has 0 heterocycles. The molecule has 0 aromatic rings. The molecule has 2 unspecified atom stereocenters. The molecule has 0 fully saturated rings. The van der Waals surface area contributed by atoms with Crippen LogP contribution in [0.15, 0.2) is 0 Å². The maximum absolute atomic E-state index is 13.2. The van der Waals surface area contributed by atoms with Gasteiger partial charge in [0.15, 0.2) is 0 Å². The first kappa shape index (κ1) is 106. The molecular formula is C85H164N2O20P2. The lowest BCUT2D eigenvalue weighted by Crippen LogP contribution is -2.34. The van der Waals surface area contributed by atoms with Crippen molar-refractivity contribution in [1.82, 2.24) is 10.6 Å². The van der Waals surface area contributed by atoms with Crippen LogP contribution in [0.25, 0.3) is 0 Å². The molecule has 0 saturated heterocycles. The van der Waals surface area contributed by atoms with Gasteiger partial charge in [0, 0.05) is 51.6 Å². The number of rotatable bonds is 86. The number of carbonyl (C=O) groups is 6. The number of phosphoric ester groups is 2. The largest absolute Gasteiger partial charge is 0.472 e. The number of unbranched alkanes of at least 4 members (excludes halogenated alkanes) is 44. The molecule has 0 aromatic heterocycles. The highest BCUT2D eigenvalue weighted by atomic mass is 31.2. The van der Waals surface area contributed by atoms with Gasteiger partial charge >= 0.3 is 39.5 Å². The summed E-state index contributed by atoms with van der Waals surface area (Å²) in [5.41, 5.74) is 0. The summed E-state index contributed by atoms with van der Waals surface area (Å²) in [6.07, 6.45) is 55.7. The van der Waals surface area contributed by atoms with Crippen molar-refractivity contribution in [3.63, 3.8) is 0 Å². The molecule has 644 valence electrons. The maximum Gasteiger partial charge on any atom is 0.472 e. The van der Waals surface area contributed by atoms with Gasteiger partial charge in [-0.05, 0) is 51.4 Å². The van der Waals surface area contributed by atoms with Crippen molar-refractivity contribution in [3.05, 3.63) is 0 Å². The number of ether oxygens (including phenoxy) is 6. The molecule has 0 aliphatic rings. The highest BCUT2D eigenvalue weighted by Gasteiger charge is 2.28. The van der Waals surface area contributed by atoms with E-state index in [2.05, 4.69) is 52.2 Å². The molecule has 2 amide bonds. The fourth-order valence-electron chi connectivity index (χ4n) is 13.0. The zero-order valence-electron chi connectivity index (χ0n) is 70.2. The Hall–Kier alpha value is -3.04. The second-order valence-corrected chi connectivity index (χ2v) is 33.3. The van der Waals surface area contributed by atoms with Gasteiger partial charge in [0.1, 0.15) is 30.8 Å². The Labute approximate surface area is 663 Å². The minimum absolute atomic E-state index is 0.156. The molecule has 0 aliphatic heterocycles. The van der Waals surface area contributed by atoms with Crippen molar-refractivity contribution in [1.29, 1.82) is 0 Å². The predicted octanol–water partition coefficient (Wildman–Crippen LogP) is 22.3. The van der Waals surface area contributed by atoms with E-state index in [0.29, 0.717) is 51.4 Å². The molecule has 0 radical (unpaired) electrons. The van der Waals surface area contributed by atoms with Crippen molar-refractivity contribution in [3.8, 4) is 0 Å². The molecule has 24 heteroatoms. The Kier molecular flexibility index (Phi) is 76.6. The molecule has 6 atom stereocenters. The van der Waals surface area contributed by atoms with E-state index in [1.165, 1.54) is 167 Å². The third-order valence-corrected chi connectivity index (χ3v) is 21.7. The van der Waals surface area contributed by atoms with Crippen molar-refractivity contribution >= 4 is 51.3 Å². The Morgan fingerprint density at radius 3 is 0.734 bits per heavy atom. The summed E-state index contributed by atoms with van der Waals surface area (Å²) in [4.78, 5) is 99.2. The smallest absolute Gasteiger partial charge is 0.462 e. The van der Waals surface area contributed by atoms with Crippen LogP contribution >= 0.6 is 15.6 Å². The fraction of sp³-hybridized carbons (Fsp3) is 0.929. The van der Waals surface area contributed by atoms with Gasteiger partial charge in [-0.1, -0.05) is 324 Å². The number of hydrogen-bond donors (Lipinski definition) is 4. The van der Waals surface area contributed by atoms with Gasteiger partial charge in [0.05, 0.1) is 52.9 Å². The molecule has 0 saturated carbocycles. The van der Waals surface area contributed by atoms with Crippen LogP contribution in [0.4, 0.5) is 0 Å². The van der Waals surface area contributed by atoms with Gasteiger partial charge in [0.25, 0.3) is 0 Å². The van der Waals surface area contributed by atoms with Crippen LogP contribution < -0.4 is 10.6 Å². The summed E-state index contributed by atoms with van der Waals surface area (Å²) in [6, 6.07) is 0. The average Bonchev–Trinajstić information content (AvgIpc) is 0.927. The zero-order chi connectivity index (χ0) is 80.0. The van der Waals surface area contributed by atoms with Crippen LogP contribution in [0.5, 0.6) is 0 Å². The van der Waals surface area contributed by atoms with Gasteiger partial charge in [-0.2, -0.15) is 0 Å². The Morgan fingerprint density at radius 1 is 0.266 bits per heavy atom. The Bertz CT molecular complexity index is 2070. The molecule has 0 bridgehead atoms. The third kappa shape index (κ3) is 76.0. The summed E-state index contributed by atoms with van der Waals surface area (Å²) < 4.78 is 82.6. The highest BCUT2D eigenvalue weighted by molar-refractivity contribution is 7.47. The first-order chi connectivity index (χ1) is 52.9. The summed E-state index contributed by atoms with van der Waals surface area (Å²) in [5, 5.41) is 4.87. The number of nitrogens with one attached hydrogen (secondary N) is 2. The Morgan fingerprint density at radius 2 is 0.486 bits per heavy atom. The van der Waals surface area contributed by atoms with E-state index in [9.17, 15) is 47.7 Å². The van der Waals surface area contributed by atoms with Gasteiger partial charge in [-0.3, -0.25) is 46.9 Å². The predicted molar refractivity (Wildman–Crippen MR) is 437 cm³/mol. The lowest BCUT2D eigenvalue weighted by molar-refractivity contribution is -0.156. The molecular weight excluding hydrogens is 1430 g/mol. The summed E-state index contributed by atoms with van der Waals surface area (Å²) >= 11 is 0. The van der Waals surface area contributed by atoms with E-state index in [4.69, 9.17) is 46.5 Å². The van der Waals surface area contributed by atoms with Crippen LogP contribution in [0, 0.1) is 0 Å². The van der Waals surface area contributed by atoms with Crippen molar-refractivity contribution in [2.75, 3.05) is 65.9 Å². The number of amides is 2. The van der Waals surface area contributed by atoms with E-state index in [1.54, 1.807) is 0 Å². The first-order valence-electron chi connectivity index (χ1n) is 44.6. The minimum Gasteiger partial charge on any atom is -0.462 e. The van der Waals surface area contributed by atoms with Crippen LogP contribution in [0.2, 0.25) is 0 Å². The quantitative estimate of drug-likeness (QED) is 0.0145. The van der Waals surface area contributed by atoms with E-state index in [1.807, 2.05) is 0 Å². The van der Waals surface area contributed by atoms with Gasteiger partial charge < -0.3 is 48.8 Å². The van der Waals surface area contributed by atoms with Gasteiger partial charge in [-0.15, -0.1) is 0 Å². The zero-order valence-corrected chi connectivity index (χ0v) is 72.0. The summed E-state index contributed by atoms with van der Waals surface area (Å²) in [7, 11) is -9.55. The highest BCUT2D eigenvalue weighted by Crippen LogP contribution is 2.44. The van der Waals surface area contributed by atoms with Crippen molar-refractivity contribution in [2.45, 2.75) is 445 Å². The second kappa shape index (κ2) is 78.8. The fourth-order valence-corrected chi connectivity index (χ4v) is 14.5. The minimum atomic E-state index is -4.77. The summed E-state index contributed by atoms with van der Waals surface area (Å²) in [5.74, 6) is -2.93. The molecule has 0 spiro atoms. The third-order valence-electron chi connectivity index (χ3n) is 19.7. The Balaban J connectivity index is 5.52. The molecule has 0 aliphatic carbocycles. The lowest BCUT2D eigenvalue weighted by Gasteiger charge is -2.21. The molecule has 109 heavy (non-hydrogen) atoms. The van der Waals surface area contributed by atoms with Crippen LogP contribution in [-0.4, -0.2) is 136 Å². The topological polar surface area (TPSA) is 293 Å². The maximum atomic E-state index is 13.2. The van der Waals surface area contributed by atoms with E-state index >= 15 is 0 Å². The van der Waals surface area contributed by atoms with E-state index < -0.39 is 84.5 Å². The molecule has 0 rings (SSSR count). The normalized spacial score (nSPS) is 13.8. The van der Waals surface area contributed by atoms with E-state index in [-0.39, 0.29) is 76.5 Å². The van der Waals surface area contributed by atoms with Crippen LogP contribution in [-0.2, 0) is 84.4 Å². The van der Waals surface area contributed by atoms with E-state index in [0.717, 1.165) is 141 Å². The van der Waals surface area contributed by atoms with Gasteiger partial charge in [-0.25, -0.2) is 9.13 Å². The van der Waals surface area contributed by atoms with Crippen LogP contribution in [0.3, 0.4) is 0 Å². The molecule has 4 N–H and O–H groups in total. The standard InChI is InChI=1S/C85H164N2O20P2/c1-7-13-19-25-29-33-35-39-43-49-55-61-84(92)106-78(72-98-67-63-76(57-51-45-23-17-11-5)104-82(90)59-53-47-41-37-31-27-21-15-9-3)74-102-108(94,95)100-69-65-86-80(88)71-81(89)87-66-70-101-109(96,97)103-75-79(107-85(93)62-56-50-44-40-36-34-30-26-20-14-8-2)73-99-68-64-77(58-52-46-24-18-12-6)105-83(91)60-54-48-42-38-32-28-22-16-10-4/h76-79H,7-75H2,1-6H3,(H,86,88)(H,87,89)(H,94,95)(H,96,97)/t76-,77+,78-,79-/m0/s1. The second-order valence-electron chi connectivity index (χ2n) is 30.4. The average molecular weight is 1600 g/mol. The number of esters is 4. The summed E-state index contributed by atoms with van der Waals surface area (Å²) in [6.45, 7) is 10.6. The monoisotopic (exact) mass is 1600 g/mol. The van der Waals surface area contributed by atoms with Crippen LogP contribution in [0.1, 0.15) is 420 Å². The van der Waals surface area contributed by atoms with Crippen molar-refractivity contribution < 1.29 is 94.2 Å².